The van der Waals surface area contributed by atoms with E-state index in [4.69, 9.17) is 5.11 Å². The fourth-order valence-corrected chi connectivity index (χ4v) is 0.901. The van der Waals surface area contributed by atoms with E-state index >= 15 is 0 Å². The molecular formula is C8H11ClN2O3. The van der Waals surface area contributed by atoms with Gasteiger partial charge in [0.2, 0.25) is 0 Å². The molecule has 1 rings (SSSR count). The van der Waals surface area contributed by atoms with E-state index in [2.05, 4.69) is 4.98 Å². The third-order valence-corrected chi connectivity index (χ3v) is 1.58. The van der Waals surface area contributed by atoms with Gasteiger partial charge in [-0.05, 0) is 6.92 Å². The maximum absolute atomic E-state index is 11.2. The second kappa shape index (κ2) is 5.39. The number of carboxylic acids is 1. The molecule has 78 valence electrons. The highest BCUT2D eigenvalue weighted by Crippen LogP contribution is 1.88. The molecule has 0 aromatic carbocycles. The van der Waals surface area contributed by atoms with E-state index in [0.29, 0.717) is 5.69 Å². The van der Waals surface area contributed by atoms with Gasteiger partial charge in [0, 0.05) is 18.3 Å². The van der Waals surface area contributed by atoms with Gasteiger partial charge >= 0.3 is 5.97 Å². The molecular weight excluding hydrogens is 208 g/mol. The lowest BCUT2D eigenvalue weighted by Crippen LogP contribution is -2.21. The quantitative estimate of drug-likeness (QED) is 0.800. The fourth-order valence-electron chi connectivity index (χ4n) is 0.901. The zero-order valence-electron chi connectivity index (χ0n) is 7.64. The summed E-state index contributed by atoms with van der Waals surface area (Å²) in [5, 5.41) is 8.38. The number of halogens is 1. The first kappa shape index (κ1) is 12.6. The first-order valence-corrected chi connectivity index (χ1v) is 3.84. The average molecular weight is 219 g/mol. The van der Waals surface area contributed by atoms with Crippen molar-refractivity contribution in [3.63, 3.8) is 0 Å². The Balaban J connectivity index is 0.00000169. The van der Waals surface area contributed by atoms with Crippen molar-refractivity contribution in [3.8, 4) is 0 Å². The van der Waals surface area contributed by atoms with Gasteiger partial charge in [0.1, 0.15) is 0 Å². The number of hydrogen-bond acceptors (Lipinski definition) is 3. The number of aromatic nitrogens is 2. The molecule has 0 amide bonds. The molecule has 14 heavy (non-hydrogen) atoms. The Morgan fingerprint density at radius 3 is 2.79 bits per heavy atom. The molecule has 0 atom stereocenters. The maximum Gasteiger partial charge on any atom is 0.305 e. The van der Waals surface area contributed by atoms with E-state index in [-0.39, 0.29) is 30.9 Å². The first-order valence-electron chi connectivity index (χ1n) is 3.84. The Morgan fingerprint density at radius 1 is 1.64 bits per heavy atom. The highest BCUT2D eigenvalue weighted by molar-refractivity contribution is 5.85. The molecule has 0 saturated heterocycles. The molecule has 0 aliphatic heterocycles. The fraction of sp³-hybridized carbons (Fsp3) is 0.375. The zero-order valence-corrected chi connectivity index (χ0v) is 8.45. The monoisotopic (exact) mass is 218 g/mol. The molecule has 1 aromatic rings. The predicted octanol–water partition coefficient (Wildman–Crippen LogP) is 0.448. The molecule has 0 radical (unpaired) electrons. The number of aryl methyl sites for hydroxylation is 2. The van der Waals surface area contributed by atoms with Crippen molar-refractivity contribution in [2.45, 2.75) is 19.9 Å². The van der Waals surface area contributed by atoms with E-state index in [1.807, 2.05) is 0 Å². The summed E-state index contributed by atoms with van der Waals surface area (Å²) in [5.74, 6) is -0.924. The second-order valence-electron chi connectivity index (χ2n) is 2.71. The number of aliphatic carboxylic acids is 1. The molecule has 1 heterocycles. The summed E-state index contributed by atoms with van der Waals surface area (Å²) in [6, 6.07) is 1.38. The van der Waals surface area contributed by atoms with Gasteiger partial charge in [0.15, 0.2) is 0 Å². The van der Waals surface area contributed by atoms with Gasteiger partial charge in [-0.2, -0.15) is 0 Å². The van der Waals surface area contributed by atoms with E-state index in [9.17, 15) is 9.59 Å². The van der Waals surface area contributed by atoms with Crippen molar-refractivity contribution < 1.29 is 9.90 Å². The molecule has 0 bridgehead atoms. The smallest absolute Gasteiger partial charge is 0.305 e. The molecule has 0 aliphatic carbocycles. The Hall–Kier alpha value is -1.36. The van der Waals surface area contributed by atoms with Crippen LogP contribution in [0.4, 0.5) is 0 Å². The van der Waals surface area contributed by atoms with E-state index < -0.39 is 5.97 Å². The molecule has 0 aliphatic rings. The number of carboxylic acid groups (broad SMARTS) is 1. The molecule has 1 N–H and O–H groups in total. The van der Waals surface area contributed by atoms with Gasteiger partial charge in [-0.15, -0.1) is 12.4 Å². The van der Waals surface area contributed by atoms with Crippen molar-refractivity contribution in [1.82, 2.24) is 9.55 Å². The lowest BCUT2D eigenvalue weighted by Gasteiger charge is -2.01. The van der Waals surface area contributed by atoms with Crippen molar-refractivity contribution in [3.05, 3.63) is 28.4 Å². The minimum atomic E-state index is -0.924. The lowest BCUT2D eigenvalue weighted by molar-refractivity contribution is -0.137. The molecule has 0 saturated carbocycles. The van der Waals surface area contributed by atoms with Crippen molar-refractivity contribution >= 4 is 18.4 Å². The summed E-state index contributed by atoms with van der Waals surface area (Å²) in [6.45, 7) is 1.88. The SMILES string of the molecule is Cc1cc(=O)n(CCC(=O)O)cn1.Cl. The van der Waals surface area contributed by atoms with Crippen LogP contribution in [0.1, 0.15) is 12.1 Å². The van der Waals surface area contributed by atoms with Crippen LogP contribution in [-0.2, 0) is 11.3 Å². The highest BCUT2D eigenvalue weighted by Gasteiger charge is 2.00. The average Bonchev–Trinajstić information content (AvgIpc) is 2.02. The minimum absolute atomic E-state index is 0. The van der Waals surface area contributed by atoms with Gasteiger partial charge in [-0.25, -0.2) is 4.98 Å². The number of hydrogen-bond donors (Lipinski definition) is 1. The molecule has 1 aromatic heterocycles. The van der Waals surface area contributed by atoms with Gasteiger partial charge in [-0.1, -0.05) is 0 Å². The molecule has 0 fully saturated rings. The summed E-state index contributed by atoms with van der Waals surface area (Å²) < 4.78 is 1.28. The Morgan fingerprint density at radius 2 is 2.29 bits per heavy atom. The molecule has 0 spiro atoms. The van der Waals surface area contributed by atoms with Crippen LogP contribution in [0.25, 0.3) is 0 Å². The minimum Gasteiger partial charge on any atom is -0.481 e. The lowest BCUT2D eigenvalue weighted by atomic mass is 10.4. The van der Waals surface area contributed by atoms with Crippen LogP contribution in [0.2, 0.25) is 0 Å². The maximum atomic E-state index is 11.2. The summed E-state index contributed by atoms with van der Waals surface area (Å²) >= 11 is 0. The van der Waals surface area contributed by atoms with Crippen LogP contribution < -0.4 is 5.56 Å². The second-order valence-corrected chi connectivity index (χ2v) is 2.71. The Labute approximate surface area is 86.8 Å². The third kappa shape index (κ3) is 3.57. The number of nitrogens with zero attached hydrogens (tertiary/aromatic N) is 2. The van der Waals surface area contributed by atoms with Gasteiger partial charge in [-0.3, -0.25) is 14.2 Å². The van der Waals surface area contributed by atoms with Crippen LogP contribution >= 0.6 is 12.4 Å². The molecule has 6 heteroatoms. The molecule has 5 nitrogen and oxygen atoms in total. The largest absolute Gasteiger partial charge is 0.481 e. The molecule has 0 unspecified atom stereocenters. The van der Waals surface area contributed by atoms with E-state index in [1.54, 1.807) is 6.92 Å². The van der Waals surface area contributed by atoms with Crippen LogP contribution in [0.15, 0.2) is 17.2 Å². The summed E-state index contributed by atoms with van der Waals surface area (Å²) in [6.07, 6.45) is 1.30. The summed E-state index contributed by atoms with van der Waals surface area (Å²) in [4.78, 5) is 25.3. The zero-order chi connectivity index (χ0) is 9.84. The topological polar surface area (TPSA) is 72.2 Å². The first-order chi connectivity index (χ1) is 6.09. The van der Waals surface area contributed by atoms with Crippen LogP contribution in [0.3, 0.4) is 0 Å². The normalized spacial score (nSPS) is 9.21. The van der Waals surface area contributed by atoms with E-state index in [1.165, 1.54) is 17.0 Å². The van der Waals surface area contributed by atoms with Crippen LogP contribution in [-0.4, -0.2) is 20.6 Å². The van der Waals surface area contributed by atoms with E-state index in [0.717, 1.165) is 0 Å². The standard InChI is InChI=1S/C8H10N2O3.ClH/c1-6-4-7(11)10(5-9-6)3-2-8(12)13;/h4-5H,2-3H2,1H3,(H,12,13);1H. The van der Waals surface area contributed by atoms with Crippen LogP contribution in [0.5, 0.6) is 0 Å². The third-order valence-electron chi connectivity index (χ3n) is 1.58. The van der Waals surface area contributed by atoms with Crippen molar-refractivity contribution in [2.24, 2.45) is 0 Å². The number of rotatable bonds is 3. The van der Waals surface area contributed by atoms with Crippen molar-refractivity contribution in [2.75, 3.05) is 0 Å². The predicted molar refractivity (Wildman–Crippen MR) is 52.7 cm³/mol. The van der Waals surface area contributed by atoms with Crippen LogP contribution in [0, 0.1) is 6.92 Å². The summed E-state index contributed by atoms with van der Waals surface area (Å²) in [7, 11) is 0. The van der Waals surface area contributed by atoms with Gasteiger partial charge in [0.25, 0.3) is 5.56 Å². The van der Waals surface area contributed by atoms with Gasteiger partial charge in [0.05, 0.1) is 12.7 Å². The Kier molecular flexibility index (Phi) is 4.86. The highest BCUT2D eigenvalue weighted by atomic mass is 35.5. The Bertz CT molecular complexity index is 375. The van der Waals surface area contributed by atoms with Crippen molar-refractivity contribution in [1.29, 1.82) is 0 Å². The van der Waals surface area contributed by atoms with Gasteiger partial charge < -0.3 is 5.11 Å². The summed E-state index contributed by atoms with van der Waals surface area (Å²) in [5.41, 5.74) is 0.422. The number of carbonyl (C=O) groups is 1.